The van der Waals surface area contributed by atoms with Crippen LogP contribution in [-0.4, -0.2) is 26.9 Å². The highest BCUT2D eigenvalue weighted by Gasteiger charge is 2.22. The molecule has 2 heterocycles. The second-order valence-electron chi connectivity index (χ2n) is 6.14. The van der Waals surface area contributed by atoms with Gasteiger partial charge < -0.3 is 4.90 Å². The maximum Gasteiger partial charge on any atom is 0.271 e. The highest BCUT2D eigenvalue weighted by Crippen LogP contribution is 2.32. The molecule has 0 saturated carbocycles. The number of sulfonamides is 1. The van der Waals surface area contributed by atoms with Crippen molar-refractivity contribution in [2.75, 3.05) is 18.3 Å². The second-order valence-corrected chi connectivity index (χ2v) is 9.13. The van der Waals surface area contributed by atoms with Gasteiger partial charge in [-0.25, -0.2) is 8.42 Å². The Morgan fingerprint density at radius 1 is 1.12 bits per heavy atom. The summed E-state index contributed by atoms with van der Waals surface area (Å²) in [6.45, 7) is 1.76. The van der Waals surface area contributed by atoms with Crippen LogP contribution in [0.1, 0.15) is 11.1 Å². The molecule has 132 valence electrons. The van der Waals surface area contributed by atoms with Gasteiger partial charge in [0, 0.05) is 17.8 Å². The van der Waals surface area contributed by atoms with E-state index in [0.29, 0.717) is 9.90 Å². The molecule has 0 fully saturated rings. The van der Waals surface area contributed by atoms with Gasteiger partial charge in [0.15, 0.2) is 0 Å². The minimum atomic E-state index is -3.58. The molecule has 3 aromatic rings. The molecule has 1 aromatic heterocycles. The van der Waals surface area contributed by atoms with Gasteiger partial charge in [0.1, 0.15) is 4.21 Å². The number of rotatable bonds is 3. The molecule has 1 aliphatic heterocycles. The minimum Gasteiger partial charge on any atom is -0.302 e. The average Bonchev–Trinajstić information content (AvgIpc) is 3.00. The van der Waals surface area contributed by atoms with E-state index in [4.69, 9.17) is 0 Å². The molecule has 0 saturated heterocycles. The number of halogens is 1. The largest absolute Gasteiger partial charge is 0.302 e. The average molecular weight is 395 g/mol. The molecule has 0 spiro atoms. The lowest BCUT2D eigenvalue weighted by Crippen LogP contribution is -2.27. The third-order valence-corrected chi connectivity index (χ3v) is 7.33. The first-order valence-corrected chi connectivity index (χ1v) is 10.1. The first-order chi connectivity index (χ1) is 11.5. The van der Waals surface area contributed by atoms with Crippen molar-refractivity contribution in [1.82, 2.24) is 4.90 Å². The number of nitrogens with zero attached hydrogens (tertiary/aromatic N) is 1. The number of hydrogen-bond acceptors (Lipinski definition) is 4. The fourth-order valence-electron chi connectivity index (χ4n) is 3.10. The van der Waals surface area contributed by atoms with E-state index in [9.17, 15) is 8.42 Å². The van der Waals surface area contributed by atoms with E-state index in [1.54, 1.807) is 6.07 Å². The molecular formula is C18H19ClN2O2S2. The standard InChI is InChI=1S/C18H18N2O2S2.ClH/c1-20-10-9-13-6-4-7-16(15(13)12-20)19-24(21,22)18-11-14-5-2-3-8-17(14)23-18;/h2-8,11,19H,9-10,12H2,1H3;1H. The Balaban J connectivity index is 0.00000182. The topological polar surface area (TPSA) is 49.4 Å². The van der Waals surface area contributed by atoms with Crippen LogP contribution in [0.3, 0.4) is 0 Å². The first-order valence-electron chi connectivity index (χ1n) is 7.84. The van der Waals surface area contributed by atoms with Gasteiger partial charge in [0.05, 0.1) is 5.69 Å². The molecule has 0 aliphatic carbocycles. The fraction of sp³-hybridized carbons (Fsp3) is 0.222. The summed E-state index contributed by atoms with van der Waals surface area (Å²) < 4.78 is 29.8. The van der Waals surface area contributed by atoms with Crippen molar-refractivity contribution in [2.24, 2.45) is 0 Å². The zero-order chi connectivity index (χ0) is 16.7. The molecule has 0 amide bonds. The van der Waals surface area contributed by atoms with Crippen LogP contribution in [-0.2, 0) is 23.0 Å². The lowest BCUT2D eigenvalue weighted by molar-refractivity contribution is 0.313. The summed E-state index contributed by atoms with van der Waals surface area (Å²) in [6.07, 6.45) is 0.949. The van der Waals surface area contributed by atoms with Crippen molar-refractivity contribution in [1.29, 1.82) is 0 Å². The lowest BCUT2D eigenvalue weighted by atomic mass is 9.99. The van der Waals surface area contributed by atoms with Crippen LogP contribution >= 0.6 is 23.7 Å². The number of benzene rings is 2. The minimum absolute atomic E-state index is 0. The van der Waals surface area contributed by atoms with Gasteiger partial charge in [-0.15, -0.1) is 23.7 Å². The smallest absolute Gasteiger partial charge is 0.271 e. The summed E-state index contributed by atoms with van der Waals surface area (Å²) in [5.41, 5.74) is 3.00. The predicted octanol–water partition coefficient (Wildman–Crippen LogP) is 4.11. The van der Waals surface area contributed by atoms with Crippen LogP contribution in [0.5, 0.6) is 0 Å². The molecule has 2 aromatic carbocycles. The van der Waals surface area contributed by atoms with E-state index in [1.807, 2.05) is 36.4 Å². The molecule has 0 radical (unpaired) electrons. The number of fused-ring (bicyclic) bond motifs is 2. The Morgan fingerprint density at radius 3 is 2.72 bits per heavy atom. The van der Waals surface area contributed by atoms with E-state index in [2.05, 4.69) is 22.7 Å². The summed E-state index contributed by atoms with van der Waals surface area (Å²) in [4.78, 5) is 2.21. The Bertz CT molecular complexity index is 982. The highest BCUT2D eigenvalue weighted by molar-refractivity contribution is 7.94. The highest BCUT2D eigenvalue weighted by atomic mass is 35.5. The molecule has 7 heteroatoms. The Morgan fingerprint density at radius 2 is 1.92 bits per heavy atom. The maximum atomic E-state index is 12.8. The predicted molar refractivity (Wildman–Crippen MR) is 106 cm³/mol. The number of thiophene rings is 1. The summed E-state index contributed by atoms with van der Waals surface area (Å²) in [5, 5.41) is 0.956. The SMILES string of the molecule is CN1CCc2cccc(NS(=O)(=O)c3cc4ccccc4s3)c2C1.Cl. The lowest BCUT2D eigenvalue weighted by Gasteiger charge is -2.27. The molecule has 0 bridgehead atoms. The molecule has 0 atom stereocenters. The van der Waals surface area contributed by atoms with Crippen molar-refractivity contribution in [3.05, 3.63) is 59.7 Å². The second kappa shape index (κ2) is 6.96. The molecule has 4 nitrogen and oxygen atoms in total. The van der Waals surface area contributed by atoms with Gasteiger partial charge in [0.2, 0.25) is 0 Å². The van der Waals surface area contributed by atoms with Crippen LogP contribution in [0, 0.1) is 0 Å². The zero-order valence-electron chi connectivity index (χ0n) is 13.7. The van der Waals surface area contributed by atoms with Gasteiger partial charge in [-0.05, 0) is 48.2 Å². The van der Waals surface area contributed by atoms with Crippen molar-refractivity contribution in [3.8, 4) is 0 Å². The van der Waals surface area contributed by atoms with Gasteiger partial charge >= 0.3 is 0 Å². The zero-order valence-corrected chi connectivity index (χ0v) is 16.2. The van der Waals surface area contributed by atoms with Crippen LogP contribution in [0.25, 0.3) is 10.1 Å². The molecule has 25 heavy (non-hydrogen) atoms. The monoisotopic (exact) mass is 394 g/mol. The van der Waals surface area contributed by atoms with E-state index in [0.717, 1.165) is 35.2 Å². The van der Waals surface area contributed by atoms with Gasteiger partial charge in [-0.2, -0.15) is 0 Å². The Hall–Kier alpha value is -1.60. The van der Waals surface area contributed by atoms with Gasteiger partial charge in [-0.3, -0.25) is 4.72 Å². The summed E-state index contributed by atoms with van der Waals surface area (Å²) >= 11 is 1.30. The van der Waals surface area contributed by atoms with Crippen molar-refractivity contribution in [2.45, 2.75) is 17.2 Å². The van der Waals surface area contributed by atoms with Crippen LogP contribution in [0.4, 0.5) is 5.69 Å². The fourth-order valence-corrected chi connectivity index (χ4v) is 5.59. The number of hydrogen-bond donors (Lipinski definition) is 1. The molecular weight excluding hydrogens is 376 g/mol. The summed E-state index contributed by atoms with van der Waals surface area (Å²) in [5.74, 6) is 0. The van der Waals surface area contributed by atoms with E-state index in [-0.39, 0.29) is 12.4 Å². The summed E-state index contributed by atoms with van der Waals surface area (Å²) in [6, 6.07) is 15.3. The third-order valence-electron chi connectivity index (χ3n) is 4.38. The van der Waals surface area contributed by atoms with Crippen molar-refractivity contribution >= 4 is 49.5 Å². The first kappa shape index (κ1) is 18.2. The van der Waals surface area contributed by atoms with Gasteiger partial charge in [-0.1, -0.05) is 30.3 Å². The maximum absolute atomic E-state index is 12.8. The number of nitrogens with one attached hydrogen (secondary N) is 1. The number of likely N-dealkylation sites (N-methyl/N-ethyl adjacent to an activating group) is 1. The van der Waals surface area contributed by atoms with Gasteiger partial charge in [0.25, 0.3) is 10.0 Å². The van der Waals surface area contributed by atoms with Crippen molar-refractivity contribution in [3.63, 3.8) is 0 Å². The van der Waals surface area contributed by atoms with Crippen LogP contribution in [0.15, 0.2) is 52.7 Å². The molecule has 1 aliphatic rings. The van der Waals surface area contributed by atoms with Crippen LogP contribution < -0.4 is 4.72 Å². The Labute approximate surface area is 157 Å². The number of anilines is 1. The quantitative estimate of drug-likeness (QED) is 0.727. The third kappa shape index (κ3) is 3.53. The van der Waals surface area contributed by atoms with E-state index < -0.39 is 10.0 Å². The van der Waals surface area contributed by atoms with Crippen LogP contribution in [0.2, 0.25) is 0 Å². The van der Waals surface area contributed by atoms with Crippen molar-refractivity contribution < 1.29 is 8.42 Å². The van der Waals surface area contributed by atoms with E-state index in [1.165, 1.54) is 16.9 Å². The van der Waals surface area contributed by atoms with E-state index >= 15 is 0 Å². The Kier molecular flexibility index (Phi) is 5.06. The normalized spacial score (nSPS) is 14.8. The molecule has 0 unspecified atom stereocenters. The molecule has 1 N–H and O–H groups in total. The molecule has 4 rings (SSSR count). The summed E-state index contributed by atoms with van der Waals surface area (Å²) in [7, 11) is -1.52.